The molecule has 3 aromatic rings. The molecule has 1 fully saturated rings. The van der Waals surface area contributed by atoms with Crippen LogP contribution in [-0.2, 0) is 11.4 Å². The van der Waals surface area contributed by atoms with Gasteiger partial charge >= 0.3 is 0 Å². The van der Waals surface area contributed by atoms with Gasteiger partial charge in [-0.3, -0.25) is 15.1 Å². The van der Waals surface area contributed by atoms with Crippen LogP contribution in [0.1, 0.15) is 11.1 Å². The first kappa shape index (κ1) is 23.4. The summed E-state index contributed by atoms with van der Waals surface area (Å²) in [5.41, 5.74) is 1.61. The molecule has 4 rings (SSSR count). The molecule has 0 aromatic heterocycles. The molecule has 168 valence electrons. The van der Waals surface area contributed by atoms with Crippen molar-refractivity contribution in [2.24, 2.45) is 0 Å². The molecule has 0 radical (unpaired) electrons. The standard InChI is InChI=1S/C24H17BrClFN2O3S/c1-31-20-11-14(10-18(26)22(20)32-13-15-4-2-3-5-19(15)27)12-21-23(30)29(24(28)33-21)17-8-6-16(25)7-9-17/h2-12,28H,13H2,1H3/b21-12-,28-24?. The lowest BCUT2D eigenvalue weighted by Crippen LogP contribution is -2.27. The fourth-order valence-corrected chi connectivity index (χ4v) is 4.59. The maximum Gasteiger partial charge on any atom is 0.271 e. The topological polar surface area (TPSA) is 62.6 Å². The van der Waals surface area contributed by atoms with E-state index in [0.717, 1.165) is 16.2 Å². The summed E-state index contributed by atoms with van der Waals surface area (Å²) in [6, 6.07) is 16.8. The maximum absolute atomic E-state index is 13.9. The van der Waals surface area contributed by atoms with Gasteiger partial charge in [-0.2, -0.15) is 0 Å². The van der Waals surface area contributed by atoms with Crippen LogP contribution in [0.25, 0.3) is 6.08 Å². The molecule has 1 aliphatic rings. The predicted molar refractivity (Wildman–Crippen MR) is 134 cm³/mol. The van der Waals surface area contributed by atoms with Gasteiger partial charge in [0.1, 0.15) is 12.4 Å². The zero-order chi connectivity index (χ0) is 23.5. The largest absolute Gasteiger partial charge is 0.493 e. The van der Waals surface area contributed by atoms with Gasteiger partial charge in [0.05, 0.1) is 22.7 Å². The smallest absolute Gasteiger partial charge is 0.271 e. The van der Waals surface area contributed by atoms with E-state index in [-0.39, 0.29) is 34.3 Å². The SMILES string of the molecule is COc1cc(/C=C2\SC(=N)N(c3ccc(Br)cc3)C2=O)cc(Cl)c1OCc1ccccc1F. The minimum absolute atomic E-state index is 0.0170. The normalized spacial score (nSPS) is 14.8. The molecule has 1 heterocycles. The lowest BCUT2D eigenvalue weighted by atomic mass is 10.1. The molecule has 0 saturated carbocycles. The van der Waals surface area contributed by atoms with E-state index < -0.39 is 0 Å². The zero-order valence-electron chi connectivity index (χ0n) is 17.3. The van der Waals surface area contributed by atoms with Crippen molar-refractivity contribution in [2.75, 3.05) is 12.0 Å². The first-order valence-corrected chi connectivity index (χ1v) is 11.7. The Kier molecular flexibility index (Phi) is 7.07. The Bertz CT molecular complexity index is 1270. The molecule has 5 nitrogen and oxygen atoms in total. The van der Waals surface area contributed by atoms with Gasteiger partial charge in [0, 0.05) is 10.0 Å². The minimum atomic E-state index is -0.372. The number of thioether (sulfide) groups is 1. The van der Waals surface area contributed by atoms with Gasteiger partial charge < -0.3 is 9.47 Å². The Hall–Kier alpha value is -2.81. The van der Waals surface area contributed by atoms with Crippen molar-refractivity contribution in [1.82, 2.24) is 0 Å². The molecule has 3 aromatic carbocycles. The second kappa shape index (κ2) is 9.99. The summed E-state index contributed by atoms with van der Waals surface area (Å²) in [5.74, 6) is -0.0500. The van der Waals surface area contributed by atoms with Crippen LogP contribution in [0.2, 0.25) is 5.02 Å². The van der Waals surface area contributed by atoms with E-state index in [2.05, 4.69) is 15.9 Å². The highest BCUT2D eigenvalue weighted by atomic mass is 79.9. The van der Waals surface area contributed by atoms with Crippen LogP contribution >= 0.6 is 39.3 Å². The van der Waals surface area contributed by atoms with E-state index in [4.69, 9.17) is 26.5 Å². The summed E-state index contributed by atoms with van der Waals surface area (Å²) in [6.07, 6.45) is 1.65. The summed E-state index contributed by atoms with van der Waals surface area (Å²) in [6.45, 7) is -0.0170. The number of amides is 1. The number of anilines is 1. The van der Waals surface area contributed by atoms with Crippen LogP contribution in [-0.4, -0.2) is 18.2 Å². The Morgan fingerprint density at radius 3 is 2.61 bits per heavy atom. The number of carbonyl (C=O) groups is 1. The van der Waals surface area contributed by atoms with Gasteiger partial charge in [0.25, 0.3) is 5.91 Å². The van der Waals surface area contributed by atoms with E-state index in [1.54, 1.807) is 48.5 Å². The molecule has 0 aliphatic carbocycles. The van der Waals surface area contributed by atoms with Gasteiger partial charge in [0.2, 0.25) is 0 Å². The monoisotopic (exact) mass is 546 g/mol. The van der Waals surface area contributed by atoms with Crippen molar-refractivity contribution in [3.63, 3.8) is 0 Å². The molecule has 33 heavy (non-hydrogen) atoms. The fraction of sp³-hybridized carbons (Fsp3) is 0.0833. The Balaban J connectivity index is 1.58. The number of nitrogens with one attached hydrogen (secondary N) is 1. The second-order valence-electron chi connectivity index (χ2n) is 6.95. The van der Waals surface area contributed by atoms with E-state index in [1.807, 2.05) is 12.1 Å². The van der Waals surface area contributed by atoms with Gasteiger partial charge in [-0.15, -0.1) is 0 Å². The average Bonchev–Trinajstić information content (AvgIpc) is 3.07. The molecule has 1 N–H and O–H groups in total. The van der Waals surface area contributed by atoms with E-state index in [0.29, 0.717) is 27.5 Å². The highest BCUT2D eigenvalue weighted by Crippen LogP contribution is 2.40. The molecule has 0 unspecified atom stereocenters. The number of nitrogens with zero attached hydrogens (tertiary/aromatic N) is 1. The van der Waals surface area contributed by atoms with Gasteiger partial charge in [-0.1, -0.05) is 45.7 Å². The molecular formula is C24H17BrClFN2O3S. The number of benzene rings is 3. The van der Waals surface area contributed by atoms with Crippen LogP contribution in [0, 0.1) is 11.2 Å². The number of hydrogen-bond donors (Lipinski definition) is 1. The van der Waals surface area contributed by atoms with Crippen LogP contribution in [0.5, 0.6) is 11.5 Å². The molecule has 1 aliphatic heterocycles. The number of hydrogen-bond acceptors (Lipinski definition) is 5. The molecule has 0 atom stereocenters. The molecule has 1 amide bonds. The highest BCUT2D eigenvalue weighted by molar-refractivity contribution is 9.10. The first-order chi connectivity index (χ1) is 15.9. The first-order valence-electron chi connectivity index (χ1n) is 9.69. The predicted octanol–water partition coefficient (Wildman–Crippen LogP) is 6.88. The lowest BCUT2D eigenvalue weighted by molar-refractivity contribution is -0.113. The summed E-state index contributed by atoms with van der Waals surface area (Å²) in [7, 11) is 1.47. The number of rotatable bonds is 6. The molecule has 1 saturated heterocycles. The van der Waals surface area contributed by atoms with Crippen molar-refractivity contribution < 1.29 is 18.7 Å². The summed E-state index contributed by atoms with van der Waals surface area (Å²) in [4.78, 5) is 14.7. The van der Waals surface area contributed by atoms with E-state index in [9.17, 15) is 9.18 Å². The van der Waals surface area contributed by atoms with Crippen molar-refractivity contribution in [1.29, 1.82) is 5.41 Å². The highest BCUT2D eigenvalue weighted by Gasteiger charge is 2.33. The van der Waals surface area contributed by atoms with Crippen LogP contribution in [0.3, 0.4) is 0 Å². The van der Waals surface area contributed by atoms with Crippen molar-refractivity contribution in [3.8, 4) is 11.5 Å². The third-order valence-corrected chi connectivity index (χ3v) is 6.49. The Morgan fingerprint density at radius 1 is 1.18 bits per heavy atom. The van der Waals surface area contributed by atoms with E-state index >= 15 is 0 Å². The zero-order valence-corrected chi connectivity index (χ0v) is 20.4. The van der Waals surface area contributed by atoms with Crippen LogP contribution < -0.4 is 14.4 Å². The number of halogens is 3. The van der Waals surface area contributed by atoms with Gasteiger partial charge in [-0.05, 0) is 65.9 Å². The van der Waals surface area contributed by atoms with Crippen LogP contribution in [0.15, 0.2) is 70.0 Å². The maximum atomic E-state index is 13.9. The summed E-state index contributed by atoms with van der Waals surface area (Å²) < 4.78 is 25.9. The summed E-state index contributed by atoms with van der Waals surface area (Å²) in [5, 5.41) is 8.61. The van der Waals surface area contributed by atoms with Crippen molar-refractivity contribution >= 4 is 62.1 Å². The number of carbonyl (C=O) groups excluding carboxylic acids is 1. The van der Waals surface area contributed by atoms with Crippen molar-refractivity contribution in [3.05, 3.63) is 92.0 Å². The minimum Gasteiger partial charge on any atom is -0.493 e. The lowest BCUT2D eigenvalue weighted by Gasteiger charge is -2.14. The fourth-order valence-electron chi connectivity index (χ4n) is 3.19. The summed E-state index contributed by atoms with van der Waals surface area (Å²) >= 11 is 10.9. The third-order valence-electron chi connectivity index (χ3n) is 4.79. The number of amidine groups is 1. The number of ether oxygens (including phenoxy) is 2. The van der Waals surface area contributed by atoms with Gasteiger partial charge in [-0.25, -0.2) is 4.39 Å². The third kappa shape index (κ3) is 5.08. The Labute approximate surface area is 207 Å². The molecule has 0 bridgehead atoms. The molecule has 9 heteroatoms. The van der Waals surface area contributed by atoms with Crippen LogP contribution in [0.4, 0.5) is 10.1 Å². The molecule has 0 spiro atoms. The number of methoxy groups -OCH3 is 1. The quantitative estimate of drug-likeness (QED) is 0.342. The molecular weight excluding hydrogens is 531 g/mol. The van der Waals surface area contributed by atoms with E-state index in [1.165, 1.54) is 18.1 Å². The van der Waals surface area contributed by atoms with Gasteiger partial charge in [0.15, 0.2) is 16.7 Å². The second-order valence-corrected chi connectivity index (χ2v) is 9.30. The van der Waals surface area contributed by atoms with Crippen molar-refractivity contribution in [2.45, 2.75) is 6.61 Å². The Morgan fingerprint density at radius 2 is 1.91 bits per heavy atom. The average molecular weight is 548 g/mol.